The zero-order valence-electron chi connectivity index (χ0n) is 10.5. The summed E-state index contributed by atoms with van der Waals surface area (Å²) < 4.78 is 18.8. The Morgan fingerprint density at radius 1 is 1.11 bits per heavy atom. The van der Waals surface area contributed by atoms with Crippen LogP contribution in [0.3, 0.4) is 0 Å². The summed E-state index contributed by atoms with van der Waals surface area (Å²) in [6, 6.07) is 12.0. The van der Waals surface area contributed by atoms with Gasteiger partial charge < -0.3 is 10.5 Å². The quantitative estimate of drug-likeness (QED) is 0.888. The van der Waals surface area contributed by atoms with Crippen molar-refractivity contribution in [2.75, 3.05) is 0 Å². The maximum absolute atomic E-state index is 13.0. The molecule has 94 valence electrons. The van der Waals surface area contributed by atoms with Crippen molar-refractivity contribution in [1.82, 2.24) is 0 Å². The zero-order valence-corrected chi connectivity index (χ0v) is 10.5. The molecule has 0 saturated heterocycles. The third-order valence-corrected chi connectivity index (χ3v) is 2.77. The van der Waals surface area contributed by atoms with Gasteiger partial charge in [-0.3, -0.25) is 0 Å². The first kappa shape index (κ1) is 12.6. The molecule has 2 aromatic rings. The van der Waals surface area contributed by atoms with Crippen LogP contribution in [0.1, 0.15) is 24.1 Å². The highest BCUT2D eigenvalue weighted by atomic mass is 19.1. The molecule has 0 saturated carbocycles. The molecule has 0 unspecified atom stereocenters. The number of hydrogen-bond acceptors (Lipinski definition) is 2. The number of aryl methyl sites for hydroxylation is 1. The van der Waals surface area contributed by atoms with E-state index < -0.39 is 0 Å². The van der Waals surface area contributed by atoms with E-state index in [1.807, 2.05) is 38.1 Å². The molecule has 0 fully saturated rings. The lowest BCUT2D eigenvalue weighted by molar-refractivity contribution is 0.466. The maximum Gasteiger partial charge on any atom is 0.132 e. The van der Waals surface area contributed by atoms with Gasteiger partial charge in [-0.2, -0.15) is 0 Å². The fraction of sp³-hybridized carbons (Fsp3) is 0.200. The highest BCUT2D eigenvalue weighted by Crippen LogP contribution is 2.30. The molecule has 2 nitrogen and oxygen atoms in total. The molecule has 0 heterocycles. The van der Waals surface area contributed by atoms with Crippen LogP contribution in [0.2, 0.25) is 0 Å². The monoisotopic (exact) mass is 245 g/mol. The molecule has 0 aliphatic carbocycles. The Morgan fingerprint density at radius 2 is 1.83 bits per heavy atom. The number of rotatable bonds is 3. The summed E-state index contributed by atoms with van der Waals surface area (Å²) in [6.45, 7) is 3.71. The van der Waals surface area contributed by atoms with Crippen LogP contribution in [-0.4, -0.2) is 0 Å². The van der Waals surface area contributed by atoms with E-state index in [0.717, 1.165) is 11.1 Å². The third kappa shape index (κ3) is 2.68. The van der Waals surface area contributed by atoms with Crippen molar-refractivity contribution in [2.24, 2.45) is 5.73 Å². The van der Waals surface area contributed by atoms with Crippen LogP contribution in [0.15, 0.2) is 42.5 Å². The minimum absolute atomic E-state index is 0.109. The standard InChI is InChI=1S/C15H16FNO/c1-10-9-12(16)7-8-14(10)18-15-6-4-3-5-13(15)11(2)17/h3-9,11H,17H2,1-2H3/t11-/m1/s1. The highest BCUT2D eigenvalue weighted by Gasteiger charge is 2.09. The van der Waals surface area contributed by atoms with Gasteiger partial charge in [0.25, 0.3) is 0 Å². The number of nitrogens with two attached hydrogens (primary N) is 1. The fourth-order valence-corrected chi connectivity index (χ4v) is 1.80. The Hall–Kier alpha value is -1.87. The first-order valence-corrected chi connectivity index (χ1v) is 5.86. The molecule has 0 aliphatic heterocycles. The third-order valence-electron chi connectivity index (χ3n) is 2.77. The van der Waals surface area contributed by atoms with Crippen LogP contribution in [0.5, 0.6) is 11.5 Å². The van der Waals surface area contributed by atoms with Crippen LogP contribution < -0.4 is 10.5 Å². The van der Waals surface area contributed by atoms with Crippen LogP contribution in [0.4, 0.5) is 4.39 Å². The average Bonchev–Trinajstić information content (AvgIpc) is 2.33. The predicted octanol–water partition coefficient (Wildman–Crippen LogP) is 3.95. The van der Waals surface area contributed by atoms with Gasteiger partial charge in [-0.05, 0) is 43.7 Å². The van der Waals surface area contributed by atoms with Gasteiger partial charge in [0.2, 0.25) is 0 Å². The average molecular weight is 245 g/mol. The van der Waals surface area contributed by atoms with Crippen LogP contribution >= 0.6 is 0 Å². The SMILES string of the molecule is Cc1cc(F)ccc1Oc1ccccc1[C@@H](C)N. The molecular formula is C15H16FNO. The largest absolute Gasteiger partial charge is 0.457 e. The summed E-state index contributed by atoms with van der Waals surface area (Å²) in [5, 5.41) is 0. The minimum atomic E-state index is -0.264. The Balaban J connectivity index is 2.34. The van der Waals surface area contributed by atoms with Gasteiger partial charge in [-0.25, -0.2) is 4.39 Å². The van der Waals surface area contributed by atoms with E-state index in [1.165, 1.54) is 12.1 Å². The van der Waals surface area contributed by atoms with Gasteiger partial charge >= 0.3 is 0 Å². The van der Waals surface area contributed by atoms with E-state index in [1.54, 1.807) is 6.07 Å². The van der Waals surface area contributed by atoms with Crippen molar-refractivity contribution in [3.8, 4) is 11.5 Å². The molecule has 0 bridgehead atoms. The molecule has 1 atom stereocenters. The van der Waals surface area contributed by atoms with E-state index >= 15 is 0 Å². The second kappa shape index (κ2) is 5.19. The number of halogens is 1. The number of benzene rings is 2. The molecule has 0 spiro atoms. The van der Waals surface area contributed by atoms with Crippen molar-refractivity contribution >= 4 is 0 Å². The Labute approximate surface area is 106 Å². The van der Waals surface area contributed by atoms with Gasteiger partial charge in [-0.15, -0.1) is 0 Å². The Bertz CT molecular complexity index is 552. The molecule has 0 amide bonds. The molecule has 2 aromatic carbocycles. The number of ether oxygens (including phenoxy) is 1. The topological polar surface area (TPSA) is 35.2 Å². The second-order valence-electron chi connectivity index (χ2n) is 4.34. The van der Waals surface area contributed by atoms with E-state index in [-0.39, 0.29) is 11.9 Å². The lowest BCUT2D eigenvalue weighted by Crippen LogP contribution is -2.06. The van der Waals surface area contributed by atoms with Crippen LogP contribution in [0.25, 0.3) is 0 Å². The second-order valence-corrected chi connectivity index (χ2v) is 4.34. The zero-order chi connectivity index (χ0) is 13.1. The molecule has 0 aromatic heterocycles. The van der Waals surface area contributed by atoms with Crippen molar-refractivity contribution in [1.29, 1.82) is 0 Å². The van der Waals surface area contributed by atoms with E-state index in [2.05, 4.69) is 0 Å². The molecule has 0 radical (unpaired) electrons. The van der Waals surface area contributed by atoms with E-state index in [4.69, 9.17) is 10.5 Å². The number of para-hydroxylation sites is 1. The predicted molar refractivity (Wildman–Crippen MR) is 70.3 cm³/mol. The van der Waals surface area contributed by atoms with Crippen LogP contribution in [-0.2, 0) is 0 Å². The first-order chi connectivity index (χ1) is 8.58. The summed E-state index contributed by atoms with van der Waals surface area (Å²) in [5.74, 6) is 1.09. The Kier molecular flexibility index (Phi) is 3.63. The molecule has 3 heteroatoms. The Morgan fingerprint density at radius 3 is 2.50 bits per heavy atom. The molecular weight excluding hydrogens is 229 g/mol. The van der Waals surface area contributed by atoms with E-state index in [9.17, 15) is 4.39 Å². The summed E-state index contributed by atoms with van der Waals surface area (Å²) >= 11 is 0. The fourth-order valence-electron chi connectivity index (χ4n) is 1.80. The van der Waals surface area contributed by atoms with Gasteiger partial charge in [0.05, 0.1) is 0 Å². The van der Waals surface area contributed by atoms with Crippen molar-refractivity contribution < 1.29 is 9.13 Å². The summed E-state index contributed by atoms with van der Waals surface area (Å²) in [5.41, 5.74) is 7.58. The van der Waals surface area contributed by atoms with E-state index in [0.29, 0.717) is 11.5 Å². The smallest absolute Gasteiger partial charge is 0.132 e. The molecule has 0 aliphatic rings. The summed E-state index contributed by atoms with van der Waals surface area (Å²) in [6.07, 6.45) is 0. The summed E-state index contributed by atoms with van der Waals surface area (Å²) in [4.78, 5) is 0. The molecule has 18 heavy (non-hydrogen) atoms. The van der Waals surface area contributed by atoms with Crippen molar-refractivity contribution in [3.05, 3.63) is 59.4 Å². The van der Waals surface area contributed by atoms with Crippen LogP contribution in [0, 0.1) is 12.7 Å². The van der Waals surface area contributed by atoms with Crippen molar-refractivity contribution in [2.45, 2.75) is 19.9 Å². The minimum Gasteiger partial charge on any atom is -0.457 e. The van der Waals surface area contributed by atoms with Crippen molar-refractivity contribution in [3.63, 3.8) is 0 Å². The van der Waals surface area contributed by atoms with Gasteiger partial charge in [0, 0.05) is 11.6 Å². The molecule has 2 rings (SSSR count). The maximum atomic E-state index is 13.0. The van der Waals surface area contributed by atoms with Gasteiger partial charge in [0.15, 0.2) is 0 Å². The highest BCUT2D eigenvalue weighted by molar-refractivity contribution is 5.42. The lowest BCUT2D eigenvalue weighted by Gasteiger charge is -2.14. The first-order valence-electron chi connectivity index (χ1n) is 5.86. The van der Waals surface area contributed by atoms with Gasteiger partial charge in [-0.1, -0.05) is 18.2 Å². The summed E-state index contributed by atoms with van der Waals surface area (Å²) in [7, 11) is 0. The molecule has 2 N–H and O–H groups in total. The normalized spacial score (nSPS) is 12.2. The van der Waals surface area contributed by atoms with Gasteiger partial charge in [0.1, 0.15) is 17.3 Å². The number of hydrogen-bond donors (Lipinski definition) is 1. The lowest BCUT2D eigenvalue weighted by atomic mass is 10.1.